The van der Waals surface area contributed by atoms with E-state index in [1.165, 1.54) is 23.1 Å². The summed E-state index contributed by atoms with van der Waals surface area (Å²) >= 11 is 0. The quantitative estimate of drug-likeness (QED) is 0.824. The Morgan fingerprint density at radius 3 is 2.50 bits per heavy atom. The van der Waals surface area contributed by atoms with Gasteiger partial charge in [-0.25, -0.2) is 0 Å². The molecule has 0 aliphatic rings. The Kier molecular flexibility index (Phi) is 5.36. The summed E-state index contributed by atoms with van der Waals surface area (Å²) in [4.78, 5) is 0. The first-order valence-corrected chi connectivity index (χ1v) is 7.60. The maximum Gasteiger partial charge on any atom is 0.0568 e. The molecule has 1 atom stereocenters. The van der Waals surface area contributed by atoms with Gasteiger partial charge in [0.2, 0.25) is 0 Å². The molecule has 20 heavy (non-hydrogen) atoms. The van der Waals surface area contributed by atoms with Crippen LogP contribution in [-0.2, 0) is 6.54 Å². The Hall–Kier alpha value is -1.61. The van der Waals surface area contributed by atoms with Gasteiger partial charge in [0.15, 0.2) is 0 Å². The molecular weight excluding hydrogens is 246 g/mol. The van der Waals surface area contributed by atoms with E-state index in [4.69, 9.17) is 0 Å². The second-order valence-corrected chi connectivity index (χ2v) is 5.29. The third-order valence-corrected chi connectivity index (χ3v) is 3.53. The molecule has 0 radical (unpaired) electrons. The van der Waals surface area contributed by atoms with Gasteiger partial charge >= 0.3 is 0 Å². The molecule has 1 heterocycles. The van der Waals surface area contributed by atoms with Crippen LogP contribution in [-0.4, -0.2) is 16.3 Å². The summed E-state index contributed by atoms with van der Waals surface area (Å²) < 4.78 is 2.01. The fourth-order valence-electron chi connectivity index (χ4n) is 2.31. The van der Waals surface area contributed by atoms with E-state index in [1.807, 2.05) is 10.9 Å². The largest absolute Gasteiger partial charge is 0.310 e. The summed E-state index contributed by atoms with van der Waals surface area (Å²) in [7, 11) is 0. The molecule has 1 N–H and O–H groups in total. The molecule has 3 heteroatoms. The van der Waals surface area contributed by atoms with Crippen molar-refractivity contribution in [3.05, 3.63) is 42.2 Å². The highest BCUT2D eigenvalue weighted by Gasteiger charge is 2.05. The number of rotatable bonds is 7. The molecule has 2 rings (SSSR count). The molecule has 0 spiro atoms. The normalized spacial score (nSPS) is 12.6. The highest BCUT2D eigenvalue weighted by molar-refractivity contribution is 5.62. The van der Waals surface area contributed by atoms with E-state index in [0.717, 1.165) is 19.5 Å². The topological polar surface area (TPSA) is 29.9 Å². The van der Waals surface area contributed by atoms with Gasteiger partial charge in [-0.3, -0.25) is 4.68 Å². The summed E-state index contributed by atoms with van der Waals surface area (Å²) in [5, 5.41) is 7.90. The van der Waals surface area contributed by atoms with Crippen molar-refractivity contribution in [2.24, 2.45) is 0 Å². The van der Waals surface area contributed by atoms with Crippen LogP contribution in [0, 0.1) is 0 Å². The lowest BCUT2D eigenvalue weighted by Crippen LogP contribution is -2.19. The molecule has 3 nitrogen and oxygen atoms in total. The fraction of sp³-hybridized carbons (Fsp3) is 0.471. The van der Waals surface area contributed by atoms with E-state index in [2.05, 4.69) is 61.6 Å². The van der Waals surface area contributed by atoms with Crippen LogP contribution in [0.2, 0.25) is 0 Å². The van der Waals surface area contributed by atoms with Crippen LogP contribution in [0.4, 0.5) is 0 Å². The molecule has 2 aromatic rings. The minimum atomic E-state index is 0.409. The Balaban J connectivity index is 2.06. The van der Waals surface area contributed by atoms with Crippen molar-refractivity contribution in [2.75, 3.05) is 6.54 Å². The molecular formula is C17H25N3. The molecule has 0 saturated heterocycles. The van der Waals surface area contributed by atoms with Crippen molar-refractivity contribution in [2.45, 2.75) is 46.2 Å². The first kappa shape index (κ1) is 14.8. The molecule has 0 aliphatic carbocycles. The number of nitrogens with one attached hydrogen (secondary N) is 1. The lowest BCUT2D eigenvalue weighted by atomic mass is 10.0. The smallest absolute Gasteiger partial charge is 0.0568 e. The van der Waals surface area contributed by atoms with Crippen molar-refractivity contribution in [1.29, 1.82) is 0 Å². The molecule has 108 valence electrons. The second-order valence-electron chi connectivity index (χ2n) is 5.29. The highest BCUT2D eigenvalue weighted by atomic mass is 15.3. The standard InChI is InChI=1S/C17H25N3/c1-4-10-18-14(3)15-6-8-16(9-7-15)17-12-19-20(13-17)11-5-2/h6-9,12-14,18H,4-5,10-11H2,1-3H3. The number of benzene rings is 1. The zero-order chi connectivity index (χ0) is 14.4. The average molecular weight is 271 g/mol. The molecule has 0 saturated carbocycles. The third-order valence-electron chi connectivity index (χ3n) is 3.53. The molecule has 0 amide bonds. The monoisotopic (exact) mass is 271 g/mol. The van der Waals surface area contributed by atoms with E-state index in [9.17, 15) is 0 Å². The van der Waals surface area contributed by atoms with Gasteiger partial charge in [0, 0.05) is 24.3 Å². The summed E-state index contributed by atoms with van der Waals surface area (Å²) in [6, 6.07) is 9.20. The van der Waals surface area contributed by atoms with Crippen molar-refractivity contribution >= 4 is 0 Å². The average Bonchev–Trinajstić information content (AvgIpc) is 2.94. The molecule has 1 aromatic heterocycles. The van der Waals surface area contributed by atoms with Gasteiger partial charge in [-0.1, -0.05) is 38.1 Å². The number of aromatic nitrogens is 2. The van der Waals surface area contributed by atoms with Crippen LogP contribution in [0.1, 0.15) is 45.2 Å². The first-order chi connectivity index (χ1) is 9.74. The molecule has 1 aromatic carbocycles. The van der Waals surface area contributed by atoms with Crippen molar-refractivity contribution in [1.82, 2.24) is 15.1 Å². The lowest BCUT2D eigenvalue weighted by Gasteiger charge is -2.13. The van der Waals surface area contributed by atoms with E-state index in [1.54, 1.807) is 0 Å². The first-order valence-electron chi connectivity index (χ1n) is 7.60. The van der Waals surface area contributed by atoms with Gasteiger partial charge < -0.3 is 5.32 Å². The molecule has 0 bridgehead atoms. The Labute approximate surface area is 122 Å². The van der Waals surface area contributed by atoms with Crippen LogP contribution < -0.4 is 5.32 Å². The predicted molar refractivity (Wildman–Crippen MR) is 84.7 cm³/mol. The Morgan fingerprint density at radius 1 is 1.10 bits per heavy atom. The molecule has 0 fully saturated rings. The van der Waals surface area contributed by atoms with Crippen LogP contribution in [0.3, 0.4) is 0 Å². The number of nitrogens with zero attached hydrogens (tertiary/aromatic N) is 2. The number of aryl methyl sites for hydroxylation is 1. The molecule has 0 aliphatic heterocycles. The minimum absolute atomic E-state index is 0.409. The van der Waals surface area contributed by atoms with Gasteiger partial charge in [-0.2, -0.15) is 5.10 Å². The van der Waals surface area contributed by atoms with Crippen molar-refractivity contribution in [3.8, 4) is 11.1 Å². The Morgan fingerprint density at radius 2 is 1.85 bits per heavy atom. The number of hydrogen-bond acceptors (Lipinski definition) is 2. The van der Waals surface area contributed by atoms with Gasteiger partial charge in [-0.05, 0) is 37.4 Å². The van der Waals surface area contributed by atoms with Gasteiger partial charge in [0.25, 0.3) is 0 Å². The van der Waals surface area contributed by atoms with Gasteiger partial charge in [0.1, 0.15) is 0 Å². The summed E-state index contributed by atoms with van der Waals surface area (Å²) in [5.74, 6) is 0. The zero-order valence-corrected chi connectivity index (χ0v) is 12.8. The van der Waals surface area contributed by atoms with E-state index in [0.29, 0.717) is 6.04 Å². The van der Waals surface area contributed by atoms with Gasteiger partial charge in [-0.15, -0.1) is 0 Å². The maximum atomic E-state index is 4.38. The third kappa shape index (κ3) is 3.70. The van der Waals surface area contributed by atoms with Crippen molar-refractivity contribution in [3.63, 3.8) is 0 Å². The lowest BCUT2D eigenvalue weighted by molar-refractivity contribution is 0.571. The highest BCUT2D eigenvalue weighted by Crippen LogP contribution is 2.21. The van der Waals surface area contributed by atoms with E-state index < -0.39 is 0 Å². The van der Waals surface area contributed by atoms with Crippen LogP contribution in [0.15, 0.2) is 36.7 Å². The number of hydrogen-bond donors (Lipinski definition) is 1. The Bertz CT molecular complexity index is 513. The second kappa shape index (κ2) is 7.25. The van der Waals surface area contributed by atoms with Crippen LogP contribution >= 0.6 is 0 Å². The minimum Gasteiger partial charge on any atom is -0.310 e. The predicted octanol–water partition coefficient (Wildman–Crippen LogP) is 4.02. The fourth-order valence-corrected chi connectivity index (χ4v) is 2.31. The molecule has 1 unspecified atom stereocenters. The summed E-state index contributed by atoms with van der Waals surface area (Å²) in [6.07, 6.45) is 6.35. The van der Waals surface area contributed by atoms with E-state index in [-0.39, 0.29) is 0 Å². The van der Waals surface area contributed by atoms with Crippen LogP contribution in [0.25, 0.3) is 11.1 Å². The van der Waals surface area contributed by atoms with Crippen LogP contribution in [0.5, 0.6) is 0 Å². The van der Waals surface area contributed by atoms with E-state index >= 15 is 0 Å². The SMILES string of the molecule is CCCNC(C)c1ccc(-c2cnn(CCC)c2)cc1. The van der Waals surface area contributed by atoms with Gasteiger partial charge in [0.05, 0.1) is 6.20 Å². The zero-order valence-electron chi connectivity index (χ0n) is 12.8. The summed E-state index contributed by atoms with van der Waals surface area (Å²) in [6.45, 7) is 8.62. The van der Waals surface area contributed by atoms with Crippen molar-refractivity contribution < 1.29 is 0 Å². The maximum absolute atomic E-state index is 4.38. The summed E-state index contributed by atoms with van der Waals surface area (Å²) in [5.41, 5.74) is 3.76.